The third kappa shape index (κ3) is 3.99. The summed E-state index contributed by atoms with van der Waals surface area (Å²) in [5.41, 5.74) is 4.29. The van der Waals surface area contributed by atoms with Crippen LogP contribution in [0, 0.1) is 0 Å². The largest absolute Gasteiger partial charge is 0.465 e. The van der Waals surface area contributed by atoms with E-state index in [2.05, 4.69) is 46.3 Å². The van der Waals surface area contributed by atoms with E-state index in [-0.39, 0.29) is 11.3 Å². The quantitative estimate of drug-likeness (QED) is 0.511. The molecule has 32 heavy (non-hydrogen) atoms. The number of aliphatic imine (C=N–C) groups is 1. The van der Waals surface area contributed by atoms with Crippen molar-refractivity contribution < 1.29 is 9.21 Å². The summed E-state index contributed by atoms with van der Waals surface area (Å²) in [5.74, 6) is 1.23. The molecule has 7 heteroatoms. The fourth-order valence-electron chi connectivity index (χ4n) is 3.83. The van der Waals surface area contributed by atoms with Crippen molar-refractivity contribution in [2.45, 2.75) is 12.5 Å². The van der Waals surface area contributed by atoms with E-state index in [1.165, 1.54) is 0 Å². The van der Waals surface area contributed by atoms with Gasteiger partial charge >= 0.3 is 5.24 Å². The Labute approximate surface area is 190 Å². The number of benzene rings is 2. The molecular formula is C25H22N4O2S. The highest BCUT2D eigenvalue weighted by Crippen LogP contribution is 2.39. The summed E-state index contributed by atoms with van der Waals surface area (Å²) in [6.07, 6.45) is 4.18. The number of carbonyl (C=O) groups is 1. The van der Waals surface area contributed by atoms with Crippen LogP contribution in [0.1, 0.15) is 29.3 Å². The molecule has 1 aromatic heterocycles. The van der Waals surface area contributed by atoms with Crippen LogP contribution in [0.15, 0.2) is 92.4 Å². The highest BCUT2D eigenvalue weighted by molar-refractivity contribution is 8.18. The minimum atomic E-state index is -0.247. The average Bonchev–Trinajstić information content (AvgIpc) is 3.55. The summed E-state index contributed by atoms with van der Waals surface area (Å²) in [6.45, 7) is 0. The molecule has 0 saturated heterocycles. The first-order valence-electron chi connectivity index (χ1n) is 10.3. The van der Waals surface area contributed by atoms with E-state index >= 15 is 0 Å². The first kappa shape index (κ1) is 20.3. The standard InChI is InChI=1S/C25H22N4O2S/c1-28(2)19-12-10-18(11-13-19)22-16-21(17-7-4-3-5-8-17)27-29(22)24-23(32-25(30)26-24)15-20-9-6-14-31-20/h3-15,22H,16H2,1-2H3/b23-15-. The first-order valence-corrected chi connectivity index (χ1v) is 11.2. The van der Waals surface area contributed by atoms with Gasteiger partial charge < -0.3 is 9.32 Å². The summed E-state index contributed by atoms with van der Waals surface area (Å²) in [4.78, 5) is 19.4. The molecule has 5 rings (SSSR count). The van der Waals surface area contributed by atoms with E-state index in [4.69, 9.17) is 9.52 Å². The van der Waals surface area contributed by atoms with Crippen molar-refractivity contribution in [2.24, 2.45) is 10.1 Å². The number of anilines is 1. The number of carbonyl (C=O) groups excluding carboxylic acids is 1. The number of hydrogen-bond donors (Lipinski definition) is 0. The Morgan fingerprint density at radius 2 is 1.84 bits per heavy atom. The van der Waals surface area contributed by atoms with Crippen LogP contribution in [-0.2, 0) is 0 Å². The molecule has 0 fully saturated rings. The summed E-state index contributed by atoms with van der Waals surface area (Å²) in [5, 5.41) is 6.58. The van der Waals surface area contributed by atoms with Gasteiger partial charge in [0.2, 0.25) is 0 Å². The fourth-order valence-corrected chi connectivity index (χ4v) is 4.56. The molecule has 160 valence electrons. The maximum Gasteiger partial charge on any atom is 0.311 e. The Hall–Kier alpha value is -3.58. The van der Waals surface area contributed by atoms with Crippen molar-refractivity contribution in [3.05, 3.63) is 94.8 Å². The van der Waals surface area contributed by atoms with Crippen molar-refractivity contribution in [1.29, 1.82) is 0 Å². The molecule has 3 heterocycles. The van der Waals surface area contributed by atoms with Crippen LogP contribution >= 0.6 is 11.8 Å². The summed E-state index contributed by atoms with van der Waals surface area (Å²) >= 11 is 1.10. The molecule has 2 aliphatic rings. The number of furan rings is 1. The van der Waals surface area contributed by atoms with Gasteiger partial charge in [-0.15, -0.1) is 0 Å². The molecule has 2 aromatic carbocycles. The van der Waals surface area contributed by atoms with Crippen LogP contribution in [0.3, 0.4) is 0 Å². The van der Waals surface area contributed by atoms with E-state index in [0.717, 1.165) is 45.6 Å². The number of amidine groups is 1. The van der Waals surface area contributed by atoms with Gasteiger partial charge in [0.25, 0.3) is 0 Å². The number of thioether (sulfide) groups is 1. The number of amides is 1. The number of rotatable bonds is 4. The van der Waals surface area contributed by atoms with Gasteiger partial charge in [-0.3, -0.25) is 4.79 Å². The van der Waals surface area contributed by atoms with E-state index in [1.54, 1.807) is 6.26 Å². The molecule has 0 spiro atoms. The average molecular weight is 443 g/mol. The third-order valence-electron chi connectivity index (χ3n) is 5.46. The fraction of sp³-hybridized carbons (Fsp3) is 0.160. The normalized spacial score (nSPS) is 19.4. The van der Waals surface area contributed by atoms with Crippen molar-refractivity contribution in [1.82, 2.24) is 5.01 Å². The first-order chi connectivity index (χ1) is 15.6. The van der Waals surface area contributed by atoms with Gasteiger partial charge in [-0.05, 0) is 53.2 Å². The predicted molar refractivity (Wildman–Crippen MR) is 130 cm³/mol. The van der Waals surface area contributed by atoms with Crippen molar-refractivity contribution in [3.8, 4) is 0 Å². The monoisotopic (exact) mass is 442 g/mol. The van der Waals surface area contributed by atoms with Crippen molar-refractivity contribution >= 4 is 40.3 Å². The molecule has 0 saturated carbocycles. The van der Waals surface area contributed by atoms with Crippen LogP contribution in [0.25, 0.3) is 6.08 Å². The van der Waals surface area contributed by atoms with Gasteiger partial charge in [-0.2, -0.15) is 10.1 Å². The van der Waals surface area contributed by atoms with Crippen LogP contribution in [-0.4, -0.2) is 35.9 Å². The highest BCUT2D eigenvalue weighted by atomic mass is 32.2. The summed E-state index contributed by atoms with van der Waals surface area (Å²) in [7, 11) is 4.05. The lowest BCUT2D eigenvalue weighted by Crippen LogP contribution is -2.26. The summed E-state index contributed by atoms with van der Waals surface area (Å²) < 4.78 is 5.46. The topological polar surface area (TPSA) is 61.4 Å². The number of hydrogen-bond acceptors (Lipinski definition) is 6. The lowest BCUT2D eigenvalue weighted by atomic mass is 9.98. The zero-order valence-electron chi connectivity index (χ0n) is 17.8. The predicted octanol–water partition coefficient (Wildman–Crippen LogP) is 5.80. The van der Waals surface area contributed by atoms with Gasteiger partial charge in [0.15, 0.2) is 5.84 Å². The Bertz CT molecular complexity index is 1210. The molecule has 3 aromatic rings. The Balaban J connectivity index is 1.55. The van der Waals surface area contributed by atoms with Crippen LogP contribution in [0.5, 0.6) is 0 Å². The zero-order chi connectivity index (χ0) is 22.1. The number of nitrogens with zero attached hydrogens (tertiary/aromatic N) is 4. The molecule has 0 radical (unpaired) electrons. The smallest absolute Gasteiger partial charge is 0.311 e. The molecule has 6 nitrogen and oxygen atoms in total. The molecule has 1 amide bonds. The van der Waals surface area contributed by atoms with Gasteiger partial charge in [0, 0.05) is 26.2 Å². The zero-order valence-corrected chi connectivity index (χ0v) is 18.6. The van der Waals surface area contributed by atoms with E-state index in [1.807, 2.05) is 55.5 Å². The molecular weight excluding hydrogens is 420 g/mol. The van der Waals surface area contributed by atoms with Crippen LogP contribution < -0.4 is 4.90 Å². The lowest BCUT2D eigenvalue weighted by Gasteiger charge is -2.24. The molecule has 0 bridgehead atoms. The van der Waals surface area contributed by atoms with E-state index in [0.29, 0.717) is 11.6 Å². The van der Waals surface area contributed by atoms with Crippen molar-refractivity contribution in [2.75, 3.05) is 19.0 Å². The second kappa shape index (κ2) is 8.51. The van der Waals surface area contributed by atoms with E-state index < -0.39 is 0 Å². The minimum Gasteiger partial charge on any atom is -0.465 e. The van der Waals surface area contributed by atoms with Gasteiger partial charge in [0.1, 0.15) is 5.76 Å². The van der Waals surface area contributed by atoms with Gasteiger partial charge in [-0.25, -0.2) is 5.01 Å². The minimum absolute atomic E-state index is 0.0633. The third-order valence-corrected chi connectivity index (χ3v) is 6.25. The SMILES string of the molecule is CN(C)c1ccc(C2CC(c3ccccc3)=NN2C2=NC(=O)S/C2=C\c2ccco2)cc1. The Kier molecular flexibility index (Phi) is 5.41. The number of hydrazone groups is 1. The molecule has 0 N–H and O–H groups in total. The highest BCUT2D eigenvalue weighted by Gasteiger charge is 2.37. The second-order valence-corrected chi connectivity index (χ2v) is 8.78. The van der Waals surface area contributed by atoms with Crippen molar-refractivity contribution in [3.63, 3.8) is 0 Å². The molecule has 2 aliphatic heterocycles. The lowest BCUT2D eigenvalue weighted by molar-refractivity contribution is 0.267. The maximum absolute atomic E-state index is 12.3. The maximum atomic E-state index is 12.3. The van der Waals surface area contributed by atoms with Gasteiger partial charge in [-0.1, -0.05) is 42.5 Å². The Morgan fingerprint density at radius 1 is 1.06 bits per heavy atom. The molecule has 0 aliphatic carbocycles. The van der Waals surface area contributed by atoms with E-state index in [9.17, 15) is 4.79 Å². The second-order valence-electron chi connectivity index (χ2n) is 7.79. The van der Waals surface area contributed by atoms with Crippen LogP contribution in [0.4, 0.5) is 10.5 Å². The molecule has 1 unspecified atom stereocenters. The molecule has 1 atom stereocenters. The van der Waals surface area contributed by atoms with Gasteiger partial charge in [0.05, 0.1) is 22.9 Å². The Morgan fingerprint density at radius 3 is 2.53 bits per heavy atom. The summed E-state index contributed by atoms with van der Waals surface area (Å²) in [6, 6.07) is 22.2. The van der Waals surface area contributed by atoms with Crippen LogP contribution in [0.2, 0.25) is 0 Å².